The molecule has 0 aliphatic heterocycles. The molecule has 20 heavy (non-hydrogen) atoms. The normalized spacial score (nSPS) is 12.8. The summed E-state index contributed by atoms with van der Waals surface area (Å²) in [5.41, 5.74) is 0. The van der Waals surface area contributed by atoms with Gasteiger partial charge in [-0.1, -0.05) is 0 Å². The topological polar surface area (TPSA) is 82.1 Å². The van der Waals surface area contributed by atoms with Crippen molar-refractivity contribution in [2.75, 3.05) is 20.8 Å². The number of hydrogen-bond donors (Lipinski definition) is 1. The molecule has 0 aliphatic carbocycles. The van der Waals surface area contributed by atoms with Crippen molar-refractivity contribution in [1.82, 2.24) is 0 Å². The van der Waals surface area contributed by atoms with Gasteiger partial charge in [0.15, 0.2) is 0 Å². The van der Waals surface area contributed by atoms with E-state index in [1.54, 1.807) is 14.2 Å². The summed E-state index contributed by atoms with van der Waals surface area (Å²) in [5, 5.41) is 7.42. The Balaban J connectivity index is 0. The van der Waals surface area contributed by atoms with E-state index in [0.717, 1.165) is 26.2 Å². The van der Waals surface area contributed by atoms with Crippen molar-refractivity contribution in [2.24, 2.45) is 0 Å². The third-order valence-electron chi connectivity index (χ3n) is 2.58. The van der Waals surface area contributed by atoms with Gasteiger partial charge >= 0.3 is 5.97 Å². The Morgan fingerprint density at radius 1 is 1.05 bits per heavy atom. The molecule has 0 aromatic heterocycles. The molecule has 0 saturated carbocycles. The summed E-state index contributed by atoms with van der Waals surface area (Å²) in [6.07, 6.45) is 3.27. The number of rotatable bonds is 9. The number of ether oxygens (including phenoxy) is 3. The highest BCUT2D eigenvalue weighted by molar-refractivity contribution is 5.69. The van der Waals surface area contributed by atoms with E-state index in [1.165, 1.54) is 0 Å². The van der Waals surface area contributed by atoms with Crippen LogP contribution in [0.3, 0.4) is 0 Å². The van der Waals surface area contributed by atoms with Gasteiger partial charge in [0, 0.05) is 34.0 Å². The van der Waals surface area contributed by atoms with Crippen molar-refractivity contribution in [2.45, 2.75) is 58.7 Å². The number of carbonyl (C=O) groups excluding carboxylic acids is 1. The van der Waals surface area contributed by atoms with E-state index < -0.39 is 5.97 Å². The molecule has 6 heteroatoms. The minimum absolute atomic E-state index is 0.133. The first-order chi connectivity index (χ1) is 9.33. The summed E-state index contributed by atoms with van der Waals surface area (Å²) >= 11 is 0. The van der Waals surface area contributed by atoms with Gasteiger partial charge in [-0.2, -0.15) is 0 Å². The van der Waals surface area contributed by atoms with E-state index in [2.05, 4.69) is 0 Å². The number of carboxylic acids is 1. The van der Waals surface area contributed by atoms with Gasteiger partial charge in [-0.15, -0.1) is 0 Å². The molecule has 0 bridgehead atoms. The minimum atomic E-state index is -0.833. The first-order valence-corrected chi connectivity index (χ1v) is 6.74. The Hall–Kier alpha value is -1.14. The van der Waals surface area contributed by atoms with Gasteiger partial charge < -0.3 is 19.3 Å². The van der Waals surface area contributed by atoms with Crippen LogP contribution in [0.1, 0.15) is 46.5 Å². The quantitative estimate of drug-likeness (QED) is 0.656. The van der Waals surface area contributed by atoms with E-state index in [4.69, 9.17) is 24.1 Å². The largest absolute Gasteiger partial charge is 0.481 e. The van der Waals surface area contributed by atoms with Crippen molar-refractivity contribution in [3.63, 3.8) is 0 Å². The molecule has 0 spiro atoms. The first-order valence-electron chi connectivity index (χ1n) is 6.74. The molecule has 0 saturated heterocycles. The standard InChI is InChI=1S/C12H24O4.C2H4O2/c1-10(14-3)6-5-7-12(13)16-9-8-11(2)15-4;1-2(3)4/h10-11H,5-9H2,1-4H3;1H3,(H,3,4). The molecule has 0 rings (SSSR count). The lowest BCUT2D eigenvalue weighted by molar-refractivity contribution is -0.144. The molecule has 1 N–H and O–H groups in total. The van der Waals surface area contributed by atoms with Gasteiger partial charge in [-0.25, -0.2) is 0 Å². The summed E-state index contributed by atoms with van der Waals surface area (Å²) in [5.74, 6) is -0.966. The Bertz CT molecular complexity index is 232. The second-order valence-electron chi connectivity index (χ2n) is 4.51. The summed E-state index contributed by atoms with van der Waals surface area (Å²) in [6, 6.07) is 0. The molecule has 0 fully saturated rings. The van der Waals surface area contributed by atoms with Gasteiger partial charge in [0.1, 0.15) is 0 Å². The second-order valence-corrected chi connectivity index (χ2v) is 4.51. The van der Waals surface area contributed by atoms with E-state index in [9.17, 15) is 4.79 Å². The van der Waals surface area contributed by atoms with E-state index in [-0.39, 0.29) is 18.2 Å². The Kier molecular flexibility index (Phi) is 15.1. The van der Waals surface area contributed by atoms with Crippen molar-refractivity contribution >= 4 is 11.9 Å². The van der Waals surface area contributed by atoms with Crippen LogP contribution in [-0.2, 0) is 23.8 Å². The monoisotopic (exact) mass is 292 g/mol. The zero-order chi connectivity index (χ0) is 16.0. The van der Waals surface area contributed by atoms with Crippen LogP contribution in [0.25, 0.3) is 0 Å². The minimum Gasteiger partial charge on any atom is -0.481 e. The summed E-state index contributed by atoms with van der Waals surface area (Å²) in [6.45, 7) is 5.47. The lowest BCUT2D eigenvalue weighted by atomic mass is 10.2. The van der Waals surface area contributed by atoms with Gasteiger partial charge in [-0.3, -0.25) is 9.59 Å². The number of carboxylic acid groups (broad SMARTS) is 1. The van der Waals surface area contributed by atoms with Crippen molar-refractivity contribution in [1.29, 1.82) is 0 Å². The van der Waals surface area contributed by atoms with E-state index >= 15 is 0 Å². The van der Waals surface area contributed by atoms with Crippen LogP contribution in [0, 0.1) is 0 Å². The first kappa shape index (κ1) is 21.2. The Morgan fingerprint density at radius 2 is 1.50 bits per heavy atom. The maximum Gasteiger partial charge on any atom is 0.305 e. The van der Waals surface area contributed by atoms with Crippen LogP contribution in [0.5, 0.6) is 0 Å². The molecule has 6 nitrogen and oxygen atoms in total. The molecule has 0 heterocycles. The fourth-order valence-electron chi connectivity index (χ4n) is 1.18. The molecule has 0 aliphatic rings. The van der Waals surface area contributed by atoms with Crippen LogP contribution in [0.15, 0.2) is 0 Å². The molecule has 120 valence electrons. The zero-order valence-electron chi connectivity index (χ0n) is 13.2. The summed E-state index contributed by atoms with van der Waals surface area (Å²) in [7, 11) is 3.33. The fourth-order valence-corrected chi connectivity index (χ4v) is 1.18. The third-order valence-corrected chi connectivity index (χ3v) is 2.58. The molecule has 2 atom stereocenters. The Morgan fingerprint density at radius 3 is 1.95 bits per heavy atom. The van der Waals surface area contributed by atoms with E-state index in [0.29, 0.717) is 13.0 Å². The average Bonchev–Trinajstić information content (AvgIpc) is 2.37. The summed E-state index contributed by atoms with van der Waals surface area (Å²) in [4.78, 5) is 20.3. The third kappa shape index (κ3) is 19.2. The molecule has 0 aromatic rings. The number of esters is 1. The highest BCUT2D eigenvalue weighted by atomic mass is 16.5. The van der Waals surface area contributed by atoms with Gasteiger partial charge in [0.25, 0.3) is 5.97 Å². The highest BCUT2D eigenvalue weighted by Gasteiger charge is 2.06. The molecule has 2 unspecified atom stereocenters. The predicted molar refractivity (Wildman–Crippen MR) is 75.7 cm³/mol. The van der Waals surface area contributed by atoms with Crippen LogP contribution in [0.2, 0.25) is 0 Å². The highest BCUT2D eigenvalue weighted by Crippen LogP contribution is 2.05. The van der Waals surface area contributed by atoms with Gasteiger partial charge in [-0.05, 0) is 26.7 Å². The number of aliphatic carboxylic acids is 1. The molecule has 0 amide bonds. The average molecular weight is 292 g/mol. The van der Waals surface area contributed by atoms with Crippen LogP contribution in [-0.4, -0.2) is 50.1 Å². The van der Waals surface area contributed by atoms with Crippen molar-refractivity contribution in [3.05, 3.63) is 0 Å². The zero-order valence-corrected chi connectivity index (χ0v) is 13.2. The lowest BCUT2D eigenvalue weighted by Crippen LogP contribution is -2.13. The number of carbonyl (C=O) groups is 2. The SMILES string of the molecule is CC(=O)O.COC(C)CCCC(=O)OCCC(C)OC. The molecule has 0 radical (unpaired) electrons. The van der Waals surface area contributed by atoms with E-state index in [1.807, 2.05) is 13.8 Å². The lowest BCUT2D eigenvalue weighted by Gasteiger charge is -2.10. The predicted octanol–water partition coefficient (Wildman–Crippen LogP) is 2.25. The van der Waals surface area contributed by atoms with Gasteiger partial charge in [0.2, 0.25) is 0 Å². The van der Waals surface area contributed by atoms with Crippen LogP contribution < -0.4 is 0 Å². The van der Waals surface area contributed by atoms with Crippen LogP contribution >= 0.6 is 0 Å². The van der Waals surface area contributed by atoms with Crippen molar-refractivity contribution < 1.29 is 28.9 Å². The fraction of sp³-hybridized carbons (Fsp3) is 0.857. The van der Waals surface area contributed by atoms with Crippen LogP contribution in [0.4, 0.5) is 0 Å². The summed E-state index contributed by atoms with van der Waals surface area (Å²) < 4.78 is 15.2. The van der Waals surface area contributed by atoms with Gasteiger partial charge in [0.05, 0.1) is 18.8 Å². The maximum absolute atomic E-state index is 11.3. The number of hydrogen-bond acceptors (Lipinski definition) is 5. The maximum atomic E-state index is 11.3. The number of methoxy groups -OCH3 is 2. The molecule has 0 aromatic carbocycles. The smallest absolute Gasteiger partial charge is 0.305 e. The second kappa shape index (κ2) is 14.3. The molecular formula is C14H28O6. The van der Waals surface area contributed by atoms with Crippen molar-refractivity contribution in [3.8, 4) is 0 Å². The molecular weight excluding hydrogens is 264 g/mol. The Labute approximate surface area is 121 Å².